The van der Waals surface area contributed by atoms with Crippen molar-refractivity contribution in [1.82, 2.24) is 14.5 Å². The summed E-state index contributed by atoms with van der Waals surface area (Å²) in [4.78, 5) is 77.5. The van der Waals surface area contributed by atoms with Gasteiger partial charge in [0.25, 0.3) is 5.91 Å². The van der Waals surface area contributed by atoms with Crippen molar-refractivity contribution in [3.63, 3.8) is 0 Å². The second-order valence-corrected chi connectivity index (χ2v) is 22.0. The molecule has 4 aromatic rings. The normalized spacial score (nSPS) is 13.0. The highest BCUT2D eigenvalue weighted by molar-refractivity contribution is 7.47. The molecule has 0 saturated heterocycles. The van der Waals surface area contributed by atoms with E-state index in [4.69, 9.17) is 34.0 Å². The van der Waals surface area contributed by atoms with Gasteiger partial charge in [-0.1, -0.05) is 123 Å². The number of likely N-dealkylation sites (N-methyl/N-ethyl adjacent to an activating group) is 1. The monoisotopic (exact) mass is 1090 g/mol. The summed E-state index contributed by atoms with van der Waals surface area (Å²) in [6.07, 6.45) is 20.4. The summed E-state index contributed by atoms with van der Waals surface area (Å²) in [6, 6.07) is 17.4. The molecule has 0 spiro atoms. The predicted octanol–water partition coefficient (Wildman–Crippen LogP) is 11.2. The zero-order valence-corrected chi connectivity index (χ0v) is 47.7. The number of aromatic nitrogens is 3. The quantitative estimate of drug-likeness (QED) is 0.00717. The molecule has 77 heavy (non-hydrogen) atoms. The molecule has 2 unspecified atom stereocenters. The zero-order chi connectivity index (χ0) is 55.9. The van der Waals surface area contributed by atoms with Gasteiger partial charge in [-0.15, -0.1) is 0 Å². The molecule has 2 atom stereocenters. The molecule has 0 saturated carbocycles. The van der Waals surface area contributed by atoms with Crippen molar-refractivity contribution in [3.8, 4) is 0 Å². The van der Waals surface area contributed by atoms with Crippen LogP contribution in [0.4, 0.5) is 16.3 Å². The molecule has 4 N–H and O–H groups in total. The van der Waals surface area contributed by atoms with Crippen molar-refractivity contribution in [2.75, 3.05) is 70.9 Å². The fourth-order valence-corrected chi connectivity index (χ4v) is 8.99. The summed E-state index contributed by atoms with van der Waals surface area (Å²) in [5.41, 5.74) is 9.05. The van der Waals surface area contributed by atoms with Gasteiger partial charge < -0.3 is 39.2 Å². The lowest BCUT2D eigenvalue weighted by Gasteiger charge is -2.24. The summed E-state index contributed by atoms with van der Waals surface area (Å²) < 4.78 is 41.9. The molecule has 2 amide bonds. The number of nitrogens with one attached hydrogen (secondary N) is 1. The lowest BCUT2D eigenvalue weighted by atomic mass is 10.0. The van der Waals surface area contributed by atoms with E-state index >= 15 is 0 Å². The van der Waals surface area contributed by atoms with Crippen molar-refractivity contribution in [1.29, 1.82) is 0 Å². The van der Waals surface area contributed by atoms with Crippen LogP contribution in [0.5, 0.6) is 0 Å². The van der Waals surface area contributed by atoms with E-state index in [1.165, 1.54) is 81.9 Å². The molecule has 0 fully saturated rings. The smallest absolute Gasteiger partial charge is 0.462 e. The summed E-state index contributed by atoms with van der Waals surface area (Å²) in [6.45, 7) is 4.13. The number of unbranched alkanes of at least 4 members (excludes halogenated alkanes) is 16. The fourth-order valence-electron chi connectivity index (χ4n) is 8.25. The highest BCUT2D eigenvalue weighted by Gasteiger charge is 2.28. The molecule has 2 aromatic carbocycles. The number of benzene rings is 2. The number of nitrogens with zero attached hydrogens (tertiary/aromatic N) is 6. The third kappa shape index (κ3) is 25.5. The molecular formula is C57H88N8O11P+. The number of carbonyl (C=O) groups is 4. The number of aryl methyl sites for hydroxylation is 1. The number of hydrogen-bond acceptors (Lipinski definition) is 13. The van der Waals surface area contributed by atoms with Gasteiger partial charge in [0.1, 0.15) is 37.2 Å². The summed E-state index contributed by atoms with van der Waals surface area (Å²) in [5, 5.41) is 3.34. The number of pyridine rings is 1. The Bertz CT molecular complexity index is 2460. The molecule has 426 valence electrons. The predicted molar refractivity (Wildman–Crippen MR) is 302 cm³/mol. The third-order valence-electron chi connectivity index (χ3n) is 12.9. The third-order valence-corrected chi connectivity index (χ3v) is 13.9. The number of imidazole rings is 1. The first-order chi connectivity index (χ1) is 37.0. The van der Waals surface area contributed by atoms with E-state index in [0.29, 0.717) is 52.3 Å². The topological polar surface area (TPSA) is 236 Å². The Labute approximate surface area is 456 Å². The van der Waals surface area contributed by atoms with Gasteiger partial charge in [-0.2, -0.15) is 4.99 Å². The number of amidine groups is 1. The van der Waals surface area contributed by atoms with Gasteiger partial charge in [-0.3, -0.25) is 28.3 Å². The Morgan fingerprint density at radius 1 is 0.753 bits per heavy atom. The number of amides is 2. The number of fused-ring (bicyclic) bond motifs is 1. The zero-order valence-electron chi connectivity index (χ0n) is 46.8. The first kappa shape index (κ1) is 63.8. The van der Waals surface area contributed by atoms with Crippen LogP contribution in [0.15, 0.2) is 71.9 Å². The molecule has 0 aliphatic carbocycles. The lowest BCUT2D eigenvalue weighted by molar-refractivity contribution is -0.870. The van der Waals surface area contributed by atoms with Crippen molar-refractivity contribution in [2.24, 2.45) is 17.8 Å². The Morgan fingerprint density at radius 2 is 1.38 bits per heavy atom. The van der Waals surface area contributed by atoms with Gasteiger partial charge in [0, 0.05) is 43.0 Å². The van der Waals surface area contributed by atoms with E-state index < -0.39 is 51.1 Å². The minimum atomic E-state index is -4.54. The number of aliphatic imine (C=N–C) groups is 1. The van der Waals surface area contributed by atoms with Gasteiger partial charge in [-0.25, -0.2) is 19.3 Å². The SMILES string of the molecule is CCCCCCCCCCCCCCCCCCC(=O)OC(COC(=O)CCN(C(=O)c1ccc2c(c1)nc(CNc1ccc(/C(N)=N/C(=O)OCCCC)cc1)n2C)c1ccccn1)COP(=O)(O)OCC[N+](C)(C)C. The van der Waals surface area contributed by atoms with Crippen LogP contribution in [0.25, 0.3) is 11.0 Å². The number of carbonyl (C=O) groups excluding carboxylic acids is 4. The van der Waals surface area contributed by atoms with Gasteiger partial charge in [0.05, 0.1) is 58.4 Å². The van der Waals surface area contributed by atoms with Gasteiger partial charge >= 0.3 is 25.9 Å². The van der Waals surface area contributed by atoms with E-state index in [1.54, 1.807) is 54.7 Å². The number of ether oxygens (including phenoxy) is 3. The maximum Gasteiger partial charge on any atom is 0.472 e. The maximum atomic E-state index is 14.3. The van der Waals surface area contributed by atoms with E-state index in [1.807, 2.05) is 51.8 Å². The summed E-state index contributed by atoms with van der Waals surface area (Å²) in [7, 11) is 3.07. The molecule has 4 rings (SSSR count). The van der Waals surface area contributed by atoms with E-state index in [9.17, 15) is 28.6 Å². The van der Waals surface area contributed by atoms with Crippen LogP contribution in [0.1, 0.15) is 164 Å². The number of esters is 2. The van der Waals surface area contributed by atoms with Gasteiger partial charge in [0.15, 0.2) is 6.10 Å². The first-order valence-electron chi connectivity index (χ1n) is 27.8. The first-order valence-corrected chi connectivity index (χ1v) is 29.3. The average molecular weight is 1090 g/mol. The van der Waals surface area contributed by atoms with Crippen molar-refractivity contribution < 1.29 is 56.4 Å². The Kier molecular flexibility index (Phi) is 28.9. The van der Waals surface area contributed by atoms with Crippen LogP contribution in [0.3, 0.4) is 0 Å². The second-order valence-electron chi connectivity index (χ2n) is 20.5. The van der Waals surface area contributed by atoms with E-state index in [2.05, 4.69) is 22.2 Å². The van der Waals surface area contributed by atoms with Crippen molar-refractivity contribution in [3.05, 3.63) is 83.8 Å². The second kappa shape index (κ2) is 34.9. The largest absolute Gasteiger partial charge is 0.472 e. The molecule has 0 aliphatic rings. The molecular weight excluding hydrogens is 1000 g/mol. The number of hydrogen-bond donors (Lipinski definition) is 3. The lowest BCUT2D eigenvalue weighted by Crippen LogP contribution is -2.37. The van der Waals surface area contributed by atoms with Crippen LogP contribution in [-0.2, 0) is 51.0 Å². The van der Waals surface area contributed by atoms with Crippen LogP contribution >= 0.6 is 7.82 Å². The van der Waals surface area contributed by atoms with Gasteiger partial charge in [0.2, 0.25) is 0 Å². The molecule has 19 nitrogen and oxygen atoms in total. The van der Waals surface area contributed by atoms with Crippen LogP contribution < -0.4 is 16.0 Å². The maximum absolute atomic E-state index is 14.3. The molecule has 0 aliphatic heterocycles. The number of phosphoric acid groups is 1. The molecule has 0 bridgehead atoms. The number of anilines is 2. The van der Waals surface area contributed by atoms with Gasteiger partial charge in [-0.05, 0) is 67.4 Å². The molecule has 0 radical (unpaired) electrons. The number of phosphoric ester groups is 1. The summed E-state index contributed by atoms with van der Waals surface area (Å²) in [5.74, 6) is -0.634. The minimum absolute atomic E-state index is 0.0526. The Balaban J connectivity index is 1.30. The Morgan fingerprint density at radius 3 is 1.99 bits per heavy atom. The number of nitrogens with two attached hydrogens (primary N) is 1. The molecule has 2 heterocycles. The molecule has 20 heteroatoms. The summed E-state index contributed by atoms with van der Waals surface area (Å²) >= 11 is 0. The van der Waals surface area contributed by atoms with Crippen molar-refractivity contribution in [2.45, 2.75) is 155 Å². The average Bonchev–Trinajstić information content (AvgIpc) is 3.74. The fraction of sp³-hybridized carbons (Fsp3) is 0.596. The highest BCUT2D eigenvalue weighted by Crippen LogP contribution is 2.43. The standard InChI is InChI=1S/C57H87N8O11P/c1-7-9-11-12-13-14-15-16-17-18-19-20-21-22-23-24-28-54(67)76-48(44-75-77(70,71)74-40-38-65(4,5)6)43-73-53(66)35-37-64(51-27-25-26-36-59-51)56(68)46-31-34-50-49(41-46)61-52(63(50)3)42-60-47-32-29-45(30-33-47)55(58)62-57(69)72-39-10-8-2/h25-27,29-34,36,41,48H,7-24,28,35,37-40,42-44H2,1-6H3,(H3-,58,60,62,69,70,71)/p+1. The number of rotatable bonds is 39. The molecule has 2 aromatic heterocycles. The Hall–Kier alpha value is -5.72. The van der Waals surface area contributed by atoms with Crippen LogP contribution in [-0.4, -0.2) is 120 Å². The van der Waals surface area contributed by atoms with Crippen LogP contribution in [0.2, 0.25) is 0 Å². The minimum Gasteiger partial charge on any atom is -0.462 e. The van der Waals surface area contributed by atoms with Crippen LogP contribution in [0, 0.1) is 0 Å². The number of quaternary nitrogens is 1. The van der Waals surface area contributed by atoms with E-state index in [0.717, 1.165) is 43.3 Å². The van der Waals surface area contributed by atoms with E-state index in [-0.39, 0.29) is 38.4 Å². The van der Waals surface area contributed by atoms with Crippen molar-refractivity contribution >= 4 is 60.1 Å². The highest BCUT2D eigenvalue weighted by atomic mass is 31.2.